The van der Waals surface area contributed by atoms with Gasteiger partial charge in [-0.2, -0.15) is 0 Å². The van der Waals surface area contributed by atoms with Crippen molar-refractivity contribution in [3.8, 4) is 0 Å². The van der Waals surface area contributed by atoms with Crippen molar-refractivity contribution in [2.75, 3.05) is 6.61 Å². The molecule has 0 aliphatic carbocycles. The third-order valence-electron chi connectivity index (χ3n) is 11.6. The Balaban J connectivity index is 4.49. The van der Waals surface area contributed by atoms with Gasteiger partial charge in [0.1, 0.15) is 6.10 Å². The van der Waals surface area contributed by atoms with Gasteiger partial charge in [0.15, 0.2) is 0 Å². The molecule has 0 aliphatic rings. The van der Waals surface area contributed by atoms with E-state index in [-0.39, 0.29) is 24.9 Å². The molecule has 0 fully saturated rings. The van der Waals surface area contributed by atoms with Crippen LogP contribution in [-0.4, -0.2) is 46.9 Å². The summed E-state index contributed by atoms with van der Waals surface area (Å²) in [5, 5.41) is 23.7. The van der Waals surface area contributed by atoms with E-state index in [9.17, 15) is 19.8 Å². The molecule has 3 atom stereocenters. The highest BCUT2D eigenvalue weighted by atomic mass is 16.5. The summed E-state index contributed by atoms with van der Waals surface area (Å²) < 4.78 is 5.91. The van der Waals surface area contributed by atoms with E-state index in [0.29, 0.717) is 19.3 Å². The second kappa shape index (κ2) is 44.7. The highest BCUT2D eigenvalue weighted by Gasteiger charge is 2.24. The van der Waals surface area contributed by atoms with Crippen molar-refractivity contribution in [2.24, 2.45) is 0 Å². The molecular weight excluding hydrogens is 695 g/mol. The van der Waals surface area contributed by atoms with Gasteiger partial charge in [0.2, 0.25) is 5.91 Å². The molecule has 0 aromatic rings. The molecule has 56 heavy (non-hydrogen) atoms. The summed E-state index contributed by atoms with van der Waals surface area (Å²) in [5.41, 5.74) is 0. The van der Waals surface area contributed by atoms with Crippen molar-refractivity contribution >= 4 is 11.9 Å². The zero-order valence-electron chi connectivity index (χ0n) is 37.8. The smallest absolute Gasteiger partial charge is 0.306 e. The number of nitrogens with one attached hydrogen (secondary N) is 1. The fraction of sp³-hybridized carbons (Fsp3) is 0.920. The first-order valence-electron chi connectivity index (χ1n) is 24.9. The van der Waals surface area contributed by atoms with Crippen molar-refractivity contribution in [3.05, 3.63) is 12.2 Å². The third kappa shape index (κ3) is 39.4. The topological polar surface area (TPSA) is 95.9 Å². The van der Waals surface area contributed by atoms with E-state index in [1.54, 1.807) is 0 Å². The summed E-state index contributed by atoms with van der Waals surface area (Å²) in [5.74, 6) is -0.471. The van der Waals surface area contributed by atoms with Crippen LogP contribution in [0.5, 0.6) is 0 Å². The summed E-state index contributed by atoms with van der Waals surface area (Å²) in [6, 6.07) is -0.695. The van der Waals surface area contributed by atoms with Gasteiger partial charge in [0.25, 0.3) is 0 Å². The van der Waals surface area contributed by atoms with Crippen LogP contribution in [0.1, 0.15) is 271 Å². The second-order valence-corrected chi connectivity index (χ2v) is 17.2. The van der Waals surface area contributed by atoms with Crippen LogP contribution >= 0.6 is 0 Å². The average Bonchev–Trinajstić information content (AvgIpc) is 3.19. The molecule has 6 nitrogen and oxygen atoms in total. The first-order chi connectivity index (χ1) is 27.5. The standard InChI is InChI=1S/C50H97NO5/c1-4-7-10-13-16-19-22-23-24-25-26-28-31-34-37-40-43-50(55)56-46(41-38-35-32-29-21-18-15-12-9-6-3)44-49(54)51-47(45-52)48(53)42-39-36-33-30-27-20-17-14-11-8-5-2/h24-25,46-48,52-53H,4-23,26-45H2,1-3H3,(H,51,54)/b25-24+. The van der Waals surface area contributed by atoms with Crippen molar-refractivity contribution in [3.63, 3.8) is 0 Å². The summed E-state index contributed by atoms with van der Waals surface area (Å²) in [4.78, 5) is 26.0. The number of aliphatic hydroxyl groups is 2. The molecule has 0 saturated carbocycles. The molecule has 0 radical (unpaired) electrons. The molecule has 0 heterocycles. The van der Waals surface area contributed by atoms with Crippen LogP contribution in [-0.2, 0) is 14.3 Å². The molecule has 6 heteroatoms. The summed E-state index contributed by atoms with van der Waals surface area (Å²) in [6.07, 6.45) is 48.4. The van der Waals surface area contributed by atoms with E-state index < -0.39 is 18.2 Å². The fourth-order valence-electron chi connectivity index (χ4n) is 7.78. The monoisotopic (exact) mass is 792 g/mol. The highest BCUT2D eigenvalue weighted by Crippen LogP contribution is 2.18. The molecule has 332 valence electrons. The van der Waals surface area contributed by atoms with Gasteiger partial charge in [0.05, 0.1) is 25.2 Å². The number of carbonyl (C=O) groups is 2. The molecule has 0 saturated heterocycles. The number of carbonyl (C=O) groups excluding carboxylic acids is 2. The number of hydrogen-bond acceptors (Lipinski definition) is 5. The Labute approximate surface area is 349 Å². The van der Waals surface area contributed by atoms with Gasteiger partial charge in [-0.05, 0) is 51.4 Å². The maximum atomic E-state index is 13.1. The molecule has 0 aromatic carbocycles. The van der Waals surface area contributed by atoms with Crippen LogP contribution in [0.25, 0.3) is 0 Å². The molecule has 0 aromatic heterocycles. The predicted molar refractivity (Wildman–Crippen MR) is 241 cm³/mol. The largest absolute Gasteiger partial charge is 0.462 e. The number of esters is 1. The zero-order valence-corrected chi connectivity index (χ0v) is 37.8. The molecule has 0 spiro atoms. The molecular formula is C50H97NO5. The molecule has 1 amide bonds. The molecule has 0 bridgehead atoms. The zero-order chi connectivity index (χ0) is 41.0. The normalized spacial score (nSPS) is 13.3. The Morgan fingerprint density at radius 1 is 0.500 bits per heavy atom. The first kappa shape index (κ1) is 54.6. The number of unbranched alkanes of at least 4 members (excludes halogenated alkanes) is 31. The minimum absolute atomic E-state index is 0.0807. The van der Waals surface area contributed by atoms with Crippen LogP contribution in [0.4, 0.5) is 0 Å². The minimum Gasteiger partial charge on any atom is -0.462 e. The fourth-order valence-corrected chi connectivity index (χ4v) is 7.78. The number of ether oxygens (including phenoxy) is 1. The highest BCUT2D eigenvalue weighted by molar-refractivity contribution is 5.77. The van der Waals surface area contributed by atoms with E-state index in [1.165, 1.54) is 173 Å². The Bertz CT molecular complexity index is 847. The average molecular weight is 792 g/mol. The van der Waals surface area contributed by atoms with Gasteiger partial charge in [0, 0.05) is 6.42 Å². The SMILES string of the molecule is CCCCCCCCC/C=C/CCCCCCCC(=O)OC(CCCCCCCCCCCC)CC(=O)NC(CO)C(O)CCCCCCCCCCCCC. The van der Waals surface area contributed by atoms with Crippen molar-refractivity contribution in [2.45, 2.75) is 289 Å². The van der Waals surface area contributed by atoms with Gasteiger partial charge < -0.3 is 20.3 Å². The lowest BCUT2D eigenvalue weighted by molar-refractivity contribution is -0.151. The van der Waals surface area contributed by atoms with Gasteiger partial charge in [-0.1, -0.05) is 219 Å². The van der Waals surface area contributed by atoms with Crippen molar-refractivity contribution in [1.29, 1.82) is 0 Å². The molecule has 3 N–H and O–H groups in total. The predicted octanol–water partition coefficient (Wildman–Crippen LogP) is 14.6. The third-order valence-corrected chi connectivity index (χ3v) is 11.6. The van der Waals surface area contributed by atoms with Gasteiger partial charge in [-0.25, -0.2) is 0 Å². The number of rotatable bonds is 45. The van der Waals surface area contributed by atoms with E-state index in [1.807, 2.05) is 0 Å². The van der Waals surface area contributed by atoms with E-state index >= 15 is 0 Å². The Kier molecular flexibility index (Phi) is 43.6. The Morgan fingerprint density at radius 2 is 0.857 bits per heavy atom. The second-order valence-electron chi connectivity index (χ2n) is 17.2. The van der Waals surface area contributed by atoms with Gasteiger partial charge in [-0.3, -0.25) is 9.59 Å². The summed E-state index contributed by atoms with van der Waals surface area (Å²) in [7, 11) is 0. The Hall–Kier alpha value is -1.40. The van der Waals surface area contributed by atoms with Crippen molar-refractivity contribution < 1.29 is 24.5 Å². The van der Waals surface area contributed by atoms with Gasteiger partial charge in [-0.15, -0.1) is 0 Å². The van der Waals surface area contributed by atoms with E-state index in [0.717, 1.165) is 51.4 Å². The van der Waals surface area contributed by atoms with E-state index in [2.05, 4.69) is 38.2 Å². The number of amides is 1. The Morgan fingerprint density at radius 3 is 1.27 bits per heavy atom. The van der Waals surface area contributed by atoms with Crippen LogP contribution in [0.15, 0.2) is 12.2 Å². The molecule has 0 aliphatic heterocycles. The molecule has 3 unspecified atom stereocenters. The van der Waals surface area contributed by atoms with E-state index in [4.69, 9.17) is 4.74 Å². The summed E-state index contributed by atoms with van der Waals surface area (Å²) in [6.45, 7) is 6.48. The number of hydrogen-bond donors (Lipinski definition) is 3. The van der Waals surface area contributed by atoms with Crippen LogP contribution in [0.2, 0.25) is 0 Å². The number of aliphatic hydroxyl groups excluding tert-OH is 2. The van der Waals surface area contributed by atoms with Crippen LogP contribution in [0, 0.1) is 0 Å². The summed E-state index contributed by atoms with van der Waals surface area (Å²) >= 11 is 0. The number of allylic oxidation sites excluding steroid dienone is 2. The van der Waals surface area contributed by atoms with Crippen LogP contribution in [0.3, 0.4) is 0 Å². The maximum absolute atomic E-state index is 13.1. The lowest BCUT2D eigenvalue weighted by atomic mass is 10.0. The lowest BCUT2D eigenvalue weighted by Crippen LogP contribution is -2.46. The van der Waals surface area contributed by atoms with Crippen molar-refractivity contribution in [1.82, 2.24) is 5.32 Å². The first-order valence-corrected chi connectivity index (χ1v) is 24.9. The maximum Gasteiger partial charge on any atom is 0.306 e. The van der Waals surface area contributed by atoms with Gasteiger partial charge >= 0.3 is 5.97 Å². The minimum atomic E-state index is -0.781. The lowest BCUT2D eigenvalue weighted by Gasteiger charge is -2.24. The van der Waals surface area contributed by atoms with Crippen LogP contribution < -0.4 is 5.32 Å². The molecule has 0 rings (SSSR count). The quantitative estimate of drug-likeness (QED) is 0.0324.